The first-order chi connectivity index (χ1) is 11.8. The molecule has 5 heterocycles. The van der Waals surface area contributed by atoms with Crippen LogP contribution in [0.3, 0.4) is 0 Å². The predicted molar refractivity (Wildman–Crippen MR) is 91.7 cm³/mol. The Kier molecular flexibility index (Phi) is 3.80. The molecule has 3 aliphatic heterocycles. The zero-order valence-electron chi connectivity index (χ0n) is 14.3. The molecule has 3 fully saturated rings. The van der Waals surface area contributed by atoms with Crippen LogP contribution in [-0.4, -0.2) is 69.8 Å². The number of amides is 1. The number of sulfonamides is 1. The average Bonchev–Trinajstić information content (AvgIpc) is 2.72. The first-order valence-electron chi connectivity index (χ1n) is 8.40. The van der Waals surface area contributed by atoms with Crippen LogP contribution in [0.1, 0.15) is 29.0 Å². The third kappa shape index (κ3) is 2.81. The number of carbonyl (C=O) groups excluding carboxylic acids is 1. The molecular weight excluding hydrogens is 342 g/mol. The van der Waals surface area contributed by atoms with Crippen molar-refractivity contribution in [3.05, 3.63) is 29.8 Å². The number of hydrogen-bond donors (Lipinski definition) is 0. The molecule has 134 valence electrons. The first-order valence-corrected chi connectivity index (χ1v) is 10.2. The fourth-order valence-corrected chi connectivity index (χ4v) is 4.87. The number of imidazole rings is 1. The maximum absolute atomic E-state index is 13.3. The second kappa shape index (κ2) is 5.77. The Morgan fingerprint density at radius 2 is 2.04 bits per heavy atom. The summed E-state index contributed by atoms with van der Waals surface area (Å²) in [6, 6.07) is 1.67. The molecular formula is C16H21N5O3S. The van der Waals surface area contributed by atoms with Gasteiger partial charge in [0.2, 0.25) is 15.8 Å². The summed E-state index contributed by atoms with van der Waals surface area (Å²) in [5.74, 6) is 0.583. The van der Waals surface area contributed by atoms with Gasteiger partial charge >= 0.3 is 0 Å². The van der Waals surface area contributed by atoms with Crippen molar-refractivity contribution in [3.63, 3.8) is 0 Å². The minimum atomic E-state index is -3.25. The van der Waals surface area contributed by atoms with E-state index in [1.54, 1.807) is 29.8 Å². The Balaban J connectivity index is 1.70. The van der Waals surface area contributed by atoms with Crippen LogP contribution in [0.25, 0.3) is 5.78 Å². The molecule has 0 N–H and O–H groups in total. The molecule has 3 saturated heterocycles. The van der Waals surface area contributed by atoms with Gasteiger partial charge in [0, 0.05) is 38.1 Å². The smallest absolute Gasteiger partial charge is 0.273 e. The van der Waals surface area contributed by atoms with E-state index in [4.69, 9.17) is 0 Å². The lowest BCUT2D eigenvalue weighted by molar-refractivity contribution is 0.0580. The van der Waals surface area contributed by atoms with Crippen molar-refractivity contribution >= 4 is 21.7 Å². The lowest BCUT2D eigenvalue weighted by atomic mass is 9.94. The average molecular weight is 363 g/mol. The minimum Gasteiger partial charge on any atom is -0.333 e. The van der Waals surface area contributed by atoms with Gasteiger partial charge in [0.15, 0.2) is 0 Å². The number of aryl methyl sites for hydroxylation is 1. The summed E-state index contributed by atoms with van der Waals surface area (Å²) < 4.78 is 27.2. The predicted octanol–water partition coefficient (Wildman–Crippen LogP) is 0.534. The molecule has 9 heteroatoms. The Hall–Kier alpha value is -2.00. The normalized spacial score (nSPS) is 24.6. The number of aromatic nitrogens is 3. The van der Waals surface area contributed by atoms with E-state index in [1.807, 2.05) is 4.90 Å². The third-order valence-corrected chi connectivity index (χ3v) is 6.43. The zero-order chi connectivity index (χ0) is 17.8. The highest BCUT2D eigenvalue weighted by atomic mass is 32.2. The van der Waals surface area contributed by atoms with E-state index >= 15 is 0 Å². The van der Waals surface area contributed by atoms with Crippen LogP contribution in [0, 0.1) is 12.8 Å². The summed E-state index contributed by atoms with van der Waals surface area (Å²) in [7, 11) is -3.25. The standard InChI is InChI=1S/C16H21N5O3S/c1-11-14(20-7-3-6-17-16(20)18-11)15(22)21-9-12-4-5-13(21)10-19(8-12)25(2,23)24/h3,6-7,12-13H,4-5,8-10H2,1-2H3/t12-,13+/m0/s1. The largest absolute Gasteiger partial charge is 0.333 e. The van der Waals surface area contributed by atoms with Crippen molar-refractivity contribution in [2.75, 3.05) is 25.9 Å². The number of fused-ring (bicyclic) bond motifs is 5. The minimum absolute atomic E-state index is 0.0944. The molecule has 2 bridgehead atoms. The molecule has 0 spiro atoms. The van der Waals surface area contributed by atoms with E-state index < -0.39 is 10.0 Å². The topological polar surface area (TPSA) is 87.9 Å². The Bertz CT molecular complexity index is 938. The van der Waals surface area contributed by atoms with Crippen molar-refractivity contribution < 1.29 is 13.2 Å². The molecule has 0 aliphatic carbocycles. The molecule has 3 aliphatic rings. The third-order valence-electron chi connectivity index (χ3n) is 5.19. The van der Waals surface area contributed by atoms with Crippen LogP contribution in [0.15, 0.2) is 18.5 Å². The van der Waals surface area contributed by atoms with Gasteiger partial charge in [-0.05, 0) is 31.7 Å². The molecule has 1 amide bonds. The van der Waals surface area contributed by atoms with Crippen LogP contribution in [-0.2, 0) is 10.0 Å². The maximum atomic E-state index is 13.3. The van der Waals surface area contributed by atoms with Crippen LogP contribution < -0.4 is 0 Å². The van der Waals surface area contributed by atoms with Crippen molar-refractivity contribution in [1.82, 2.24) is 23.6 Å². The highest BCUT2D eigenvalue weighted by Crippen LogP contribution is 2.30. The second-order valence-corrected chi connectivity index (χ2v) is 8.95. The number of nitrogens with zero attached hydrogens (tertiary/aromatic N) is 5. The molecule has 5 rings (SSSR count). The zero-order valence-corrected chi connectivity index (χ0v) is 15.1. The van der Waals surface area contributed by atoms with Crippen LogP contribution >= 0.6 is 0 Å². The summed E-state index contributed by atoms with van der Waals surface area (Å²) in [4.78, 5) is 23.7. The number of piperidine rings is 1. The first kappa shape index (κ1) is 16.5. The Morgan fingerprint density at radius 1 is 1.24 bits per heavy atom. The molecule has 0 unspecified atom stereocenters. The molecule has 0 saturated carbocycles. The molecule has 2 aromatic heterocycles. The summed E-state index contributed by atoms with van der Waals surface area (Å²) in [6.07, 6.45) is 6.46. The molecule has 2 atom stereocenters. The van der Waals surface area contributed by atoms with Gasteiger partial charge in [0.25, 0.3) is 5.91 Å². The lowest BCUT2D eigenvalue weighted by Gasteiger charge is -2.36. The van der Waals surface area contributed by atoms with Crippen molar-refractivity contribution in [2.45, 2.75) is 25.8 Å². The monoisotopic (exact) mass is 363 g/mol. The maximum Gasteiger partial charge on any atom is 0.273 e. The summed E-state index contributed by atoms with van der Waals surface area (Å²) in [6.45, 7) is 3.26. The second-order valence-electron chi connectivity index (χ2n) is 6.97. The fraction of sp³-hybridized carbons (Fsp3) is 0.562. The van der Waals surface area contributed by atoms with Gasteiger partial charge in [-0.1, -0.05) is 0 Å². The quantitative estimate of drug-likeness (QED) is 0.777. The van der Waals surface area contributed by atoms with Crippen LogP contribution in [0.2, 0.25) is 0 Å². The lowest BCUT2D eigenvalue weighted by Crippen LogP contribution is -2.48. The van der Waals surface area contributed by atoms with E-state index in [0.29, 0.717) is 36.8 Å². The SMILES string of the molecule is Cc1nc2ncccn2c1C(=O)N1C[C@H]2CC[C@@H]1CN(S(C)(=O)=O)C2. The van der Waals surface area contributed by atoms with Gasteiger partial charge in [0.05, 0.1) is 11.9 Å². The molecule has 25 heavy (non-hydrogen) atoms. The highest BCUT2D eigenvalue weighted by molar-refractivity contribution is 7.88. The van der Waals surface area contributed by atoms with E-state index in [2.05, 4.69) is 9.97 Å². The summed E-state index contributed by atoms with van der Waals surface area (Å²) in [5.41, 5.74) is 1.16. The van der Waals surface area contributed by atoms with Gasteiger partial charge in [0.1, 0.15) is 5.69 Å². The van der Waals surface area contributed by atoms with Crippen molar-refractivity contribution in [3.8, 4) is 0 Å². The Labute approximate surface area is 146 Å². The molecule has 8 nitrogen and oxygen atoms in total. The molecule has 0 radical (unpaired) electrons. The summed E-state index contributed by atoms with van der Waals surface area (Å²) in [5, 5.41) is 0. The van der Waals surface area contributed by atoms with E-state index in [-0.39, 0.29) is 17.9 Å². The number of rotatable bonds is 2. The fourth-order valence-electron chi connectivity index (χ4n) is 3.95. The van der Waals surface area contributed by atoms with Gasteiger partial charge in [-0.2, -0.15) is 4.31 Å². The number of carbonyl (C=O) groups is 1. The van der Waals surface area contributed by atoms with Gasteiger partial charge < -0.3 is 4.90 Å². The number of hydrogen-bond acceptors (Lipinski definition) is 5. The Morgan fingerprint density at radius 3 is 2.80 bits per heavy atom. The van der Waals surface area contributed by atoms with Crippen LogP contribution in [0.5, 0.6) is 0 Å². The van der Waals surface area contributed by atoms with Crippen molar-refractivity contribution in [1.29, 1.82) is 0 Å². The van der Waals surface area contributed by atoms with Crippen LogP contribution in [0.4, 0.5) is 0 Å². The highest BCUT2D eigenvalue weighted by Gasteiger charge is 2.40. The van der Waals surface area contributed by atoms with Gasteiger partial charge in [-0.3, -0.25) is 9.20 Å². The van der Waals surface area contributed by atoms with Crippen molar-refractivity contribution in [2.24, 2.45) is 5.92 Å². The van der Waals surface area contributed by atoms with E-state index in [0.717, 1.165) is 12.8 Å². The summed E-state index contributed by atoms with van der Waals surface area (Å²) >= 11 is 0. The van der Waals surface area contributed by atoms with E-state index in [9.17, 15) is 13.2 Å². The molecule has 2 aromatic rings. The van der Waals surface area contributed by atoms with Gasteiger partial charge in [-0.25, -0.2) is 18.4 Å². The van der Waals surface area contributed by atoms with Gasteiger partial charge in [-0.15, -0.1) is 0 Å². The van der Waals surface area contributed by atoms with E-state index in [1.165, 1.54) is 10.6 Å². The molecule has 0 aromatic carbocycles.